The van der Waals surface area contributed by atoms with Gasteiger partial charge in [0, 0.05) is 29.1 Å². The number of aromatic amines is 1. The highest BCUT2D eigenvalue weighted by Crippen LogP contribution is 2.43. The lowest BCUT2D eigenvalue weighted by atomic mass is 9.77. The van der Waals surface area contributed by atoms with Gasteiger partial charge in [-0.2, -0.15) is 0 Å². The van der Waals surface area contributed by atoms with Gasteiger partial charge in [-0.1, -0.05) is 71.6 Å². The molecule has 2 fully saturated rings. The van der Waals surface area contributed by atoms with E-state index in [1.54, 1.807) is 4.68 Å². The number of benzene rings is 2. The second kappa shape index (κ2) is 10.2. The summed E-state index contributed by atoms with van der Waals surface area (Å²) < 4.78 is 1.61. The van der Waals surface area contributed by atoms with Crippen molar-refractivity contribution in [1.29, 1.82) is 0 Å². The highest BCUT2D eigenvalue weighted by Gasteiger charge is 2.45. The molecule has 1 aliphatic heterocycles. The van der Waals surface area contributed by atoms with Crippen molar-refractivity contribution in [2.75, 3.05) is 13.1 Å². The van der Waals surface area contributed by atoms with Gasteiger partial charge in [0.2, 0.25) is 5.91 Å². The van der Waals surface area contributed by atoms with Crippen molar-refractivity contribution >= 4 is 40.3 Å². The maximum absolute atomic E-state index is 13.9. The fourth-order valence-corrected chi connectivity index (χ4v) is 6.32. The molecule has 8 nitrogen and oxygen atoms in total. The molecule has 10 heteroatoms. The van der Waals surface area contributed by atoms with E-state index in [-0.39, 0.29) is 22.9 Å². The fourth-order valence-electron chi connectivity index (χ4n) is 6.00. The largest absolute Gasteiger partial charge is 0.342 e. The lowest BCUT2D eigenvalue weighted by Gasteiger charge is -2.38. The molecule has 1 saturated heterocycles. The second-order valence-electron chi connectivity index (χ2n) is 10.3. The highest BCUT2D eigenvalue weighted by atomic mass is 35.5. The first-order valence-corrected chi connectivity index (χ1v) is 13.8. The number of piperidine rings is 1. The van der Waals surface area contributed by atoms with Crippen LogP contribution in [0, 0.1) is 0 Å². The summed E-state index contributed by atoms with van der Waals surface area (Å²) in [7, 11) is 0. The van der Waals surface area contributed by atoms with Crippen LogP contribution in [0.3, 0.4) is 0 Å². The number of aromatic nitrogens is 5. The minimum Gasteiger partial charge on any atom is -0.342 e. The van der Waals surface area contributed by atoms with E-state index in [0.29, 0.717) is 41.2 Å². The van der Waals surface area contributed by atoms with E-state index in [9.17, 15) is 9.59 Å². The molecule has 0 bridgehead atoms. The van der Waals surface area contributed by atoms with Crippen LogP contribution in [0.4, 0.5) is 0 Å². The molecule has 6 rings (SSSR count). The molecule has 3 heterocycles. The molecule has 0 radical (unpaired) electrons. The number of fused-ring (bicyclic) bond motifs is 1. The molecule has 0 atom stereocenters. The van der Waals surface area contributed by atoms with Gasteiger partial charge >= 0.3 is 0 Å². The first-order chi connectivity index (χ1) is 18.4. The number of amides is 1. The molecular formula is C28H28Cl2N6O2. The number of hydrogen-bond acceptors (Lipinski definition) is 5. The van der Waals surface area contributed by atoms with Crippen molar-refractivity contribution in [3.05, 3.63) is 85.9 Å². The van der Waals surface area contributed by atoms with Crippen molar-refractivity contribution in [3.8, 4) is 0 Å². The highest BCUT2D eigenvalue weighted by molar-refractivity contribution is 6.31. The summed E-state index contributed by atoms with van der Waals surface area (Å²) in [6.45, 7) is 1.61. The zero-order chi connectivity index (χ0) is 26.3. The second-order valence-corrected chi connectivity index (χ2v) is 11.2. The maximum Gasteiger partial charge on any atom is 0.281 e. The number of likely N-dealkylation sites (tertiary alicyclic amines) is 1. The van der Waals surface area contributed by atoms with Gasteiger partial charge in [-0.15, -0.1) is 5.10 Å². The van der Waals surface area contributed by atoms with Gasteiger partial charge in [-0.25, -0.2) is 9.67 Å². The monoisotopic (exact) mass is 550 g/mol. The Labute approximate surface area is 230 Å². The average Bonchev–Trinajstić information content (AvgIpc) is 3.59. The topological polar surface area (TPSA) is 96.8 Å². The minimum atomic E-state index is -0.472. The Kier molecular flexibility index (Phi) is 6.70. The predicted octanol–water partition coefficient (Wildman–Crippen LogP) is 5.09. The molecule has 1 aliphatic carbocycles. The van der Waals surface area contributed by atoms with E-state index >= 15 is 0 Å². The number of carbonyl (C=O) groups is 1. The van der Waals surface area contributed by atoms with E-state index in [1.165, 1.54) is 0 Å². The van der Waals surface area contributed by atoms with E-state index in [4.69, 9.17) is 28.2 Å². The van der Waals surface area contributed by atoms with Gasteiger partial charge in [0.15, 0.2) is 11.2 Å². The standard InChI is InChI=1S/C28H28Cl2N6O2/c29-21-9-7-20(8-10-21)28(13-3-4-14-28)27(38)35-15-11-18(12-16-35)24-31-25-23(26(37)32-24)33-34-36(25)17-19-5-1-2-6-22(19)30/h1-2,5-10,18H,3-4,11-17H2,(H,31,32,37). The fraction of sp³-hybridized carbons (Fsp3) is 0.393. The molecule has 38 heavy (non-hydrogen) atoms. The van der Waals surface area contributed by atoms with Gasteiger partial charge in [-0.3, -0.25) is 9.59 Å². The van der Waals surface area contributed by atoms with Crippen LogP contribution in [-0.2, 0) is 16.8 Å². The third kappa shape index (κ3) is 4.50. The van der Waals surface area contributed by atoms with Crippen LogP contribution in [0.1, 0.15) is 61.4 Å². The normalized spacial score (nSPS) is 17.8. The molecule has 1 N–H and O–H groups in total. The van der Waals surface area contributed by atoms with Crippen molar-refractivity contribution < 1.29 is 4.79 Å². The Morgan fingerprint density at radius 3 is 2.45 bits per heavy atom. The van der Waals surface area contributed by atoms with Crippen molar-refractivity contribution in [3.63, 3.8) is 0 Å². The SMILES string of the molecule is O=C(N1CCC(c2nc3c(nnn3Cc3ccccc3Cl)c(=O)[nH]2)CC1)C1(c2ccc(Cl)cc2)CCCC1. The van der Waals surface area contributed by atoms with Crippen molar-refractivity contribution in [2.45, 2.75) is 56.4 Å². The van der Waals surface area contributed by atoms with Crippen LogP contribution >= 0.6 is 23.2 Å². The molecular weight excluding hydrogens is 523 g/mol. The number of H-pyrrole nitrogens is 1. The average molecular weight is 551 g/mol. The van der Waals surface area contributed by atoms with E-state index in [0.717, 1.165) is 49.7 Å². The van der Waals surface area contributed by atoms with E-state index in [1.807, 2.05) is 53.4 Å². The number of carbonyl (C=O) groups excluding carboxylic acids is 1. The lowest BCUT2D eigenvalue weighted by molar-refractivity contribution is -0.138. The van der Waals surface area contributed by atoms with Gasteiger partial charge < -0.3 is 9.88 Å². The molecule has 196 valence electrons. The zero-order valence-corrected chi connectivity index (χ0v) is 22.4. The van der Waals surface area contributed by atoms with Crippen LogP contribution in [0.15, 0.2) is 53.3 Å². The van der Waals surface area contributed by atoms with Crippen LogP contribution in [0.25, 0.3) is 11.2 Å². The number of nitrogens with one attached hydrogen (secondary N) is 1. The summed E-state index contributed by atoms with van der Waals surface area (Å²) in [6, 6.07) is 15.3. The smallest absolute Gasteiger partial charge is 0.281 e. The first kappa shape index (κ1) is 25.1. The van der Waals surface area contributed by atoms with Crippen molar-refractivity contribution in [1.82, 2.24) is 29.9 Å². The minimum absolute atomic E-state index is 0.0369. The van der Waals surface area contributed by atoms with Gasteiger partial charge in [0.1, 0.15) is 5.82 Å². The lowest BCUT2D eigenvalue weighted by Crippen LogP contribution is -2.48. The summed E-state index contributed by atoms with van der Waals surface area (Å²) in [5, 5.41) is 9.52. The molecule has 2 aromatic heterocycles. The molecule has 2 aromatic carbocycles. The van der Waals surface area contributed by atoms with E-state index in [2.05, 4.69) is 15.3 Å². The van der Waals surface area contributed by atoms with Gasteiger partial charge in [0.25, 0.3) is 5.56 Å². The molecule has 2 aliphatic rings. The Morgan fingerprint density at radius 1 is 1.03 bits per heavy atom. The summed E-state index contributed by atoms with van der Waals surface area (Å²) in [6.07, 6.45) is 5.27. The number of halogens is 2. The number of nitrogens with zero attached hydrogens (tertiary/aromatic N) is 5. The predicted molar refractivity (Wildman–Crippen MR) is 147 cm³/mol. The van der Waals surface area contributed by atoms with Gasteiger partial charge in [0.05, 0.1) is 12.0 Å². The summed E-state index contributed by atoms with van der Waals surface area (Å²) in [4.78, 5) is 36.4. The molecule has 1 saturated carbocycles. The van der Waals surface area contributed by atoms with Crippen LogP contribution in [-0.4, -0.2) is 48.9 Å². The summed E-state index contributed by atoms with van der Waals surface area (Å²) in [5.74, 6) is 0.857. The number of hydrogen-bond donors (Lipinski definition) is 1. The molecule has 0 spiro atoms. The Morgan fingerprint density at radius 2 is 1.74 bits per heavy atom. The Bertz CT molecular complexity index is 1530. The van der Waals surface area contributed by atoms with Crippen LogP contribution < -0.4 is 5.56 Å². The third-order valence-corrected chi connectivity index (χ3v) is 8.72. The maximum atomic E-state index is 13.9. The molecule has 1 amide bonds. The summed E-state index contributed by atoms with van der Waals surface area (Å²) in [5.41, 5.74) is 1.80. The third-order valence-electron chi connectivity index (χ3n) is 8.10. The quantitative estimate of drug-likeness (QED) is 0.373. The Balaban J connectivity index is 1.21. The van der Waals surface area contributed by atoms with E-state index < -0.39 is 5.41 Å². The Hall–Kier alpha value is -3.23. The van der Waals surface area contributed by atoms with Crippen molar-refractivity contribution in [2.24, 2.45) is 0 Å². The molecule has 4 aromatic rings. The molecule has 0 unspecified atom stereocenters. The zero-order valence-electron chi connectivity index (χ0n) is 20.9. The summed E-state index contributed by atoms with van der Waals surface area (Å²) >= 11 is 12.5. The van der Waals surface area contributed by atoms with Crippen LogP contribution in [0.5, 0.6) is 0 Å². The van der Waals surface area contributed by atoms with Crippen LogP contribution in [0.2, 0.25) is 10.0 Å². The van der Waals surface area contributed by atoms with Gasteiger partial charge in [-0.05, 0) is 55.0 Å². The first-order valence-electron chi connectivity index (χ1n) is 13.1. The number of rotatable bonds is 5.